The van der Waals surface area contributed by atoms with E-state index in [9.17, 15) is 0 Å². The molecule has 210 valence electrons. The lowest BCUT2D eigenvalue weighted by Gasteiger charge is -2.24. The summed E-state index contributed by atoms with van der Waals surface area (Å²) in [6, 6.07) is 37.4. The Bertz CT molecular complexity index is 1770. The Kier molecular flexibility index (Phi) is 7.46. The zero-order chi connectivity index (χ0) is 28.4. The van der Waals surface area contributed by atoms with E-state index in [-0.39, 0.29) is 5.41 Å². The molecule has 2 heteroatoms. The Morgan fingerprint density at radius 2 is 1.50 bits per heavy atom. The smallest absolute Gasteiger partial charge is 0.210 e. The molecule has 1 unspecified atom stereocenters. The number of pyridine rings is 1. The number of hydrogen-bond donors (Lipinski definition) is 0. The highest BCUT2D eigenvalue weighted by molar-refractivity contribution is 6.09. The standard InChI is InChI=1S/C40H41N2/c1-40(29-31-16-3-2-4-17-31)38(27-25-34-24-22-33-19-8-10-21-36(33)41-34)42(28-12-11-15-30-13-5-6-14-30)37-26-23-32-18-7-9-20-35(32)39(37)40/h2-4,7-10,16-27,30H,5-6,11-15,28-29H2,1H3/q+1/b27-25+. The van der Waals surface area contributed by atoms with Crippen LogP contribution in [0.1, 0.15) is 68.7 Å². The fraction of sp³-hybridized carbons (Fsp3) is 0.300. The number of nitrogens with zero attached hydrogens (tertiary/aromatic N) is 2. The van der Waals surface area contributed by atoms with Crippen LogP contribution in [0.5, 0.6) is 0 Å². The van der Waals surface area contributed by atoms with E-state index in [0.29, 0.717) is 0 Å². The van der Waals surface area contributed by atoms with E-state index in [1.165, 1.54) is 83.6 Å². The largest absolute Gasteiger partial charge is 0.248 e. The van der Waals surface area contributed by atoms with E-state index in [1.807, 2.05) is 0 Å². The maximum atomic E-state index is 4.99. The van der Waals surface area contributed by atoms with Crippen molar-refractivity contribution >= 4 is 39.2 Å². The molecule has 2 heterocycles. The van der Waals surface area contributed by atoms with E-state index in [1.54, 1.807) is 0 Å². The second kappa shape index (κ2) is 11.7. The van der Waals surface area contributed by atoms with Gasteiger partial charge in [-0.15, -0.1) is 0 Å². The highest BCUT2D eigenvalue weighted by atomic mass is 15.1. The zero-order valence-electron chi connectivity index (χ0n) is 24.8. The number of aromatic nitrogens is 1. The Morgan fingerprint density at radius 1 is 0.762 bits per heavy atom. The molecule has 2 nitrogen and oxygen atoms in total. The SMILES string of the molecule is CC1(Cc2ccccc2)C(/C=C/c2ccc3ccccc3n2)=[N+](CCCCC2CCCC2)c2ccc3ccccc3c21. The first-order valence-electron chi connectivity index (χ1n) is 15.9. The topological polar surface area (TPSA) is 15.9 Å². The minimum atomic E-state index is -0.170. The first-order chi connectivity index (χ1) is 20.7. The molecule has 1 aliphatic heterocycles. The molecule has 0 radical (unpaired) electrons. The maximum absolute atomic E-state index is 4.99. The molecule has 1 fully saturated rings. The van der Waals surface area contributed by atoms with Crippen LogP contribution in [0, 0.1) is 5.92 Å². The Hall–Kier alpha value is -4.04. The van der Waals surface area contributed by atoms with Crippen LogP contribution in [0.4, 0.5) is 5.69 Å². The Balaban J connectivity index is 1.33. The van der Waals surface area contributed by atoms with Crippen LogP contribution in [-0.2, 0) is 11.8 Å². The van der Waals surface area contributed by atoms with Gasteiger partial charge in [-0.05, 0) is 66.3 Å². The predicted octanol–water partition coefficient (Wildman–Crippen LogP) is 10.1. The molecule has 5 aromatic rings. The summed E-state index contributed by atoms with van der Waals surface area (Å²) < 4.78 is 2.65. The van der Waals surface area contributed by atoms with Crippen molar-refractivity contribution in [3.8, 4) is 0 Å². The number of fused-ring (bicyclic) bond motifs is 4. The van der Waals surface area contributed by atoms with Gasteiger partial charge in [-0.2, -0.15) is 4.58 Å². The quantitative estimate of drug-likeness (QED) is 0.132. The molecule has 0 N–H and O–H groups in total. The molecule has 0 bridgehead atoms. The molecule has 0 saturated heterocycles. The average molecular weight is 550 g/mol. The average Bonchev–Trinajstić information content (AvgIpc) is 3.63. The third-order valence-corrected chi connectivity index (χ3v) is 9.76. The molecular formula is C40H41N2+. The highest BCUT2D eigenvalue weighted by Gasteiger charge is 2.48. The van der Waals surface area contributed by atoms with Gasteiger partial charge in [-0.3, -0.25) is 0 Å². The number of benzene rings is 4. The molecule has 0 amide bonds. The summed E-state index contributed by atoms with van der Waals surface area (Å²) in [6.45, 7) is 3.52. The van der Waals surface area contributed by atoms with Gasteiger partial charge in [-0.1, -0.05) is 111 Å². The lowest BCUT2D eigenvalue weighted by Crippen LogP contribution is -2.34. The van der Waals surface area contributed by atoms with Crippen molar-refractivity contribution in [1.29, 1.82) is 0 Å². The fourth-order valence-corrected chi connectivity index (χ4v) is 7.66. The van der Waals surface area contributed by atoms with Gasteiger partial charge in [0.2, 0.25) is 5.69 Å². The number of rotatable bonds is 9. The van der Waals surface area contributed by atoms with Crippen molar-refractivity contribution in [1.82, 2.24) is 4.98 Å². The number of unbranched alkanes of at least 4 members (excludes halogenated alkanes) is 1. The first-order valence-corrected chi connectivity index (χ1v) is 15.9. The molecule has 2 aliphatic rings. The summed E-state index contributed by atoms with van der Waals surface area (Å²) in [5.41, 5.74) is 7.47. The molecule has 1 aliphatic carbocycles. The number of hydrogen-bond acceptors (Lipinski definition) is 1. The molecule has 1 saturated carbocycles. The lowest BCUT2D eigenvalue weighted by atomic mass is 9.73. The van der Waals surface area contributed by atoms with Crippen molar-refractivity contribution in [2.24, 2.45) is 5.92 Å². The van der Waals surface area contributed by atoms with Crippen LogP contribution >= 0.6 is 0 Å². The van der Waals surface area contributed by atoms with Crippen LogP contribution in [-0.4, -0.2) is 21.8 Å². The normalized spacial score (nSPS) is 19.0. The van der Waals surface area contributed by atoms with Gasteiger partial charge in [0.15, 0.2) is 5.71 Å². The molecular weight excluding hydrogens is 508 g/mol. The molecule has 1 aromatic heterocycles. The van der Waals surface area contributed by atoms with E-state index in [0.717, 1.165) is 30.1 Å². The molecule has 42 heavy (non-hydrogen) atoms. The monoisotopic (exact) mass is 549 g/mol. The first kappa shape index (κ1) is 26.8. The van der Waals surface area contributed by atoms with Crippen molar-refractivity contribution in [3.63, 3.8) is 0 Å². The van der Waals surface area contributed by atoms with Gasteiger partial charge < -0.3 is 0 Å². The van der Waals surface area contributed by atoms with Crippen LogP contribution in [0.15, 0.2) is 109 Å². The van der Waals surface area contributed by atoms with Crippen molar-refractivity contribution < 1.29 is 4.58 Å². The summed E-state index contributed by atoms with van der Waals surface area (Å²) in [5, 5.41) is 3.87. The van der Waals surface area contributed by atoms with E-state index < -0.39 is 0 Å². The number of allylic oxidation sites excluding steroid dienone is 1. The van der Waals surface area contributed by atoms with Gasteiger partial charge in [-0.25, -0.2) is 4.98 Å². The van der Waals surface area contributed by atoms with Crippen LogP contribution in [0.25, 0.3) is 27.8 Å². The van der Waals surface area contributed by atoms with Crippen LogP contribution in [0.3, 0.4) is 0 Å². The summed E-state index contributed by atoms with van der Waals surface area (Å²) in [4.78, 5) is 4.99. The second-order valence-electron chi connectivity index (χ2n) is 12.6. The van der Waals surface area contributed by atoms with Gasteiger partial charge in [0.1, 0.15) is 6.54 Å². The maximum Gasteiger partial charge on any atom is 0.210 e. The van der Waals surface area contributed by atoms with Gasteiger partial charge in [0.25, 0.3) is 0 Å². The highest BCUT2D eigenvalue weighted by Crippen LogP contribution is 2.46. The molecule has 0 spiro atoms. The molecule has 4 aromatic carbocycles. The van der Waals surface area contributed by atoms with Gasteiger partial charge >= 0.3 is 0 Å². The molecule has 1 atom stereocenters. The fourth-order valence-electron chi connectivity index (χ4n) is 7.66. The Labute approximate surface area is 250 Å². The summed E-state index contributed by atoms with van der Waals surface area (Å²) in [7, 11) is 0. The lowest BCUT2D eigenvalue weighted by molar-refractivity contribution is -0.438. The summed E-state index contributed by atoms with van der Waals surface area (Å²) in [6.07, 6.45) is 15.2. The van der Waals surface area contributed by atoms with Crippen molar-refractivity contribution in [2.75, 3.05) is 6.54 Å². The van der Waals surface area contributed by atoms with E-state index >= 15 is 0 Å². The van der Waals surface area contributed by atoms with E-state index in [4.69, 9.17) is 4.98 Å². The second-order valence-corrected chi connectivity index (χ2v) is 12.6. The third kappa shape index (κ3) is 5.20. The van der Waals surface area contributed by atoms with E-state index in [2.05, 4.69) is 127 Å². The summed E-state index contributed by atoms with van der Waals surface area (Å²) >= 11 is 0. The minimum Gasteiger partial charge on any atom is -0.248 e. The predicted molar refractivity (Wildman–Crippen MR) is 178 cm³/mol. The van der Waals surface area contributed by atoms with Gasteiger partial charge in [0.05, 0.1) is 16.6 Å². The van der Waals surface area contributed by atoms with Crippen molar-refractivity contribution in [3.05, 3.63) is 126 Å². The van der Waals surface area contributed by atoms with Gasteiger partial charge in [0, 0.05) is 29.5 Å². The zero-order valence-corrected chi connectivity index (χ0v) is 24.8. The Morgan fingerprint density at radius 3 is 2.36 bits per heavy atom. The third-order valence-electron chi connectivity index (χ3n) is 9.76. The van der Waals surface area contributed by atoms with Crippen LogP contribution in [0.2, 0.25) is 0 Å². The van der Waals surface area contributed by atoms with Crippen molar-refractivity contribution in [2.45, 2.75) is 63.7 Å². The summed E-state index contributed by atoms with van der Waals surface area (Å²) in [5.74, 6) is 0.950. The molecule has 7 rings (SSSR count). The number of para-hydroxylation sites is 1. The van der Waals surface area contributed by atoms with Crippen LogP contribution < -0.4 is 0 Å². The minimum absolute atomic E-state index is 0.170.